The number of piperidine rings is 1. The van der Waals surface area contributed by atoms with Crippen molar-refractivity contribution < 1.29 is 18.3 Å². The first kappa shape index (κ1) is 14.7. The number of hydrogen-bond acceptors (Lipinski definition) is 3. The summed E-state index contributed by atoms with van der Waals surface area (Å²) >= 11 is 0. The van der Waals surface area contributed by atoms with Gasteiger partial charge in [-0.3, -0.25) is 4.90 Å². The van der Waals surface area contributed by atoms with Crippen LogP contribution >= 0.6 is 0 Å². The third-order valence-electron chi connectivity index (χ3n) is 3.00. The largest absolute Gasteiger partial charge is 0.415 e. The maximum Gasteiger partial charge on any atom is 0.415 e. The van der Waals surface area contributed by atoms with Gasteiger partial charge < -0.3 is 10.4 Å². The highest BCUT2D eigenvalue weighted by Gasteiger charge is 2.39. The van der Waals surface area contributed by atoms with Crippen molar-refractivity contribution in [2.75, 3.05) is 26.2 Å². The second kappa shape index (κ2) is 6.56. The first-order valence-corrected chi connectivity index (χ1v) is 6.14. The maximum atomic E-state index is 12.2. The van der Waals surface area contributed by atoms with Crippen molar-refractivity contribution in [2.24, 2.45) is 0 Å². The van der Waals surface area contributed by atoms with Crippen LogP contribution in [0.2, 0.25) is 0 Å². The van der Waals surface area contributed by atoms with E-state index < -0.39 is 12.3 Å². The summed E-state index contributed by atoms with van der Waals surface area (Å²) < 4.78 is 36.6. The molecule has 1 fully saturated rings. The number of nitrogens with zero attached hydrogens (tertiary/aromatic N) is 1. The minimum Gasteiger partial charge on any atom is -0.382 e. The lowest BCUT2D eigenvalue weighted by molar-refractivity contribution is -0.208. The average molecular weight is 254 g/mol. The second-order valence-corrected chi connectivity index (χ2v) is 4.61. The number of hydrogen-bond donors (Lipinski definition) is 2. The maximum absolute atomic E-state index is 12.2. The zero-order chi connectivity index (χ0) is 12.9. The molecule has 0 aromatic rings. The van der Waals surface area contributed by atoms with Crippen LogP contribution in [0, 0.1) is 0 Å². The number of rotatable bonds is 5. The molecule has 0 bridgehead atoms. The number of aliphatic hydroxyl groups excluding tert-OH is 1. The molecule has 0 amide bonds. The molecule has 0 spiro atoms. The zero-order valence-corrected chi connectivity index (χ0v) is 10.1. The third kappa shape index (κ3) is 5.23. The van der Waals surface area contributed by atoms with Gasteiger partial charge in [0, 0.05) is 19.1 Å². The Balaban J connectivity index is 2.34. The second-order valence-electron chi connectivity index (χ2n) is 4.61. The van der Waals surface area contributed by atoms with E-state index in [1.165, 1.54) is 0 Å². The molecule has 17 heavy (non-hydrogen) atoms. The van der Waals surface area contributed by atoms with E-state index in [9.17, 15) is 13.2 Å². The van der Waals surface area contributed by atoms with Crippen molar-refractivity contribution in [1.82, 2.24) is 10.2 Å². The lowest BCUT2D eigenvalue weighted by Gasteiger charge is -2.34. The van der Waals surface area contributed by atoms with Crippen molar-refractivity contribution in [2.45, 2.75) is 44.5 Å². The van der Waals surface area contributed by atoms with Crippen LogP contribution in [0.25, 0.3) is 0 Å². The minimum absolute atomic E-state index is 0.254. The number of likely N-dealkylation sites (tertiary alicyclic amines) is 1. The molecule has 0 radical (unpaired) electrons. The van der Waals surface area contributed by atoms with Gasteiger partial charge in [0.15, 0.2) is 6.10 Å². The molecule has 0 aromatic carbocycles. The summed E-state index contributed by atoms with van der Waals surface area (Å²) in [6, 6.07) is 0.254. The molecule has 3 nitrogen and oxygen atoms in total. The molecule has 1 aliphatic heterocycles. The number of halogens is 3. The Morgan fingerprint density at radius 3 is 2.76 bits per heavy atom. The highest BCUT2D eigenvalue weighted by molar-refractivity contribution is 4.80. The molecular weight excluding hydrogens is 233 g/mol. The molecule has 6 heteroatoms. The van der Waals surface area contributed by atoms with Crippen molar-refractivity contribution in [1.29, 1.82) is 0 Å². The van der Waals surface area contributed by atoms with Gasteiger partial charge in [0.1, 0.15) is 0 Å². The number of aliphatic hydroxyl groups is 1. The molecule has 0 aromatic heterocycles. The number of alkyl halides is 3. The van der Waals surface area contributed by atoms with Gasteiger partial charge in [0.25, 0.3) is 0 Å². The summed E-state index contributed by atoms with van der Waals surface area (Å²) in [6.07, 6.45) is -3.84. The zero-order valence-electron chi connectivity index (χ0n) is 10.1. The smallest absolute Gasteiger partial charge is 0.382 e. The molecule has 1 aliphatic rings. The van der Waals surface area contributed by atoms with E-state index in [0.717, 1.165) is 25.8 Å². The fraction of sp³-hybridized carbons (Fsp3) is 1.00. The Hall–Kier alpha value is -0.330. The van der Waals surface area contributed by atoms with E-state index in [1.54, 1.807) is 4.90 Å². The van der Waals surface area contributed by atoms with Gasteiger partial charge in [0.2, 0.25) is 0 Å². The summed E-state index contributed by atoms with van der Waals surface area (Å²) in [5.41, 5.74) is 0. The van der Waals surface area contributed by atoms with E-state index in [-0.39, 0.29) is 12.6 Å². The molecule has 1 heterocycles. The minimum atomic E-state index is -4.51. The van der Waals surface area contributed by atoms with Crippen LogP contribution in [0.15, 0.2) is 0 Å². The fourth-order valence-corrected chi connectivity index (χ4v) is 2.08. The molecular formula is C11H21F3N2O. The van der Waals surface area contributed by atoms with E-state index >= 15 is 0 Å². The summed E-state index contributed by atoms with van der Waals surface area (Å²) in [5.74, 6) is 0. The van der Waals surface area contributed by atoms with E-state index in [1.807, 2.05) is 0 Å². The highest BCUT2D eigenvalue weighted by atomic mass is 19.4. The Kier molecular flexibility index (Phi) is 5.69. The predicted octanol–water partition coefficient (Wildman–Crippen LogP) is 1.37. The number of nitrogens with one attached hydrogen (secondary N) is 1. The normalized spacial score (nSPS) is 24.9. The van der Waals surface area contributed by atoms with Gasteiger partial charge >= 0.3 is 6.18 Å². The van der Waals surface area contributed by atoms with Crippen LogP contribution < -0.4 is 5.32 Å². The molecule has 2 unspecified atom stereocenters. The predicted molar refractivity (Wildman–Crippen MR) is 59.8 cm³/mol. The Morgan fingerprint density at radius 2 is 2.18 bits per heavy atom. The lowest BCUT2D eigenvalue weighted by Crippen LogP contribution is -2.50. The molecule has 1 rings (SSSR count). The molecule has 2 N–H and O–H groups in total. The third-order valence-corrected chi connectivity index (χ3v) is 3.00. The summed E-state index contributed by atoms with van der Waals surface area (Å²) in [7, 11) is 0. The van der Waals surface area contributed by atoms with Gasteiger partial charge in [-0.2, -0.15) is 13.2 Å². The van der Waals surface area contributed by atoms with Crippen LogP contribution in [-0.2, 0) is 0 Å². The van der Waals surface area contributed by atoms with E-state index in [0.29, 0.717) is 13.1 Å². The quantitative estimate of drug-likeness (QED) is 0.778. The van der Waals surface area contributed by atoms with Gasteiger partial charge in [-0.25, -0.2) is 0 Å². The molecule has 0 aliphatic carbocycles. The van der Waals surface area contributed by atoms with Crippen molar-refractivity contribution in [3.8, 4) is 0 Å². The van der Waals surface area contributed by atoms with Crippen LogP contribution in [-0.4, -0.2) is 54.5 Å². The van der Waals surface area contributed by atoms with Gasteiger partial charge in [-0.15, -0.1) is 0 Å². The van der Waals surface area contributed by atoms with Gasteiger partial charge in [-0.05, 0) is 32.4 Å². The van der Waals surface area contributed by atoms with Crippen LogP contribution in [0.5, 0.6) is 0 Å². The van der Waals surface area contributed by atoms with Gasteiger partial charge in [-0.1, -0.05) is 6.92 Å². The number of β-amino-alcohol motifs (C(OH)–C–C–N with tert-alkyl or cyclic N) is 1. The monoisotopic (exact) mass is 254 g/mol. The average Bonchev–Trinajstić information content (AvgIpc) is 2.25. The molecule has 0 saturated carbocycles. The van der Waals surface area contributed by atoms with Crippen LogP contribution in [0.4, 0.5) is 13.2 Å². The summed E-state index contributed by atoms with van der Waals surface area (Å²) in [6.45, 7) is 3.86. The van der Waals surface area contributed by atoms with Crippen molar-refractivity contribution in [3.63, 3.8) is 0 Å². The van der Waals surface area contributed by atoms with E-state index in [4.69, 9.17) is 5.11 Å². The van der Waals surface area contributed by atoms with Crippen LogP contribution in [0.3, 0.4) is 0 Å². The first-order chi connectivity index (χ1) is 7.93. The topological polar surface area (TPSA) is 35.5 Å². The first-order valence-electron chi connectivity index (χ1n) is 6.14. The molecule has 102 valence electrons. The molecule has 1 saturated heterocycles. The Labute approximate surface area is 100.0 Å². The van der Waals surface area contributed by atoms with Crippen molar-refractivity contribution >= 4 is 0 Å². The van der Waals surface area contributed by atoms with E-state index in [2.05, 4.69) is 12.2 Å². The van der Waals surface area contributed by atoms with Gasteiger partial charge in [0.05, 0.1) is 0 Å². The lowest BCUT2D eigenvalue weighted by atomic mass is 10.1. The summed E-state index contributed by atoms with van der Waals surface area (Å²) in [5, 5.41) is 12.3. The van der Waals surface area contributed by atoms with Crippen LogP contribution in [0.1, 0.15) is 26.2 Å². The standard InChI is InChI=1S/C11H21F3N2O/c1-2-5-15-9-4-3-6-16(7-9)8-10(17)11(12,13)14/h9-10,15,17H,2-8H2,1H3. The SMILES string of the molecule is CCCNC1CCCN(CC(O)C(F)(F)F)C1. The Morgan fingerprint density at radius 1 is 1.47 bits per heavy atom. The fourth-order valence-electron chi connectivity index (χ4n) is 2.08. The Bertz CT molecular complexity index is 223. The molecule has 2 atom stereocenters. The summed E-state index contributed by atoms with van der Waals surface area (Å²) in [4.78, 5) is 1.69. The highest BCUT2D eigenvalue weighted by Crippen LogP contribution is 2.22. The van der Waals surface area contributed by atoms with Crippen molar-refractivity contribution in [3.05, 3.63) is 0 Å².